The van der Waals surface area contributed by atoms with Gasteiger partial charge < -0.3 is 15.4 Å². The number of rotatable bonds is 4. The van der Waals surface area contributed by atoms with E-state index in [9.17, 15) is 0 Å². The predicted molar refractivity (Wildman–Crippen MR) is 66.7 cm³/mol. The van der Waals surface area contributed by atoms with E-state index in [1.54, 1.807) is 13.3 Å². The van der Waals surface area contributed by atoms with Gasteiger partial charge in [-0.3, -0.25) is 4.98 Å². The third-order valence-electron chi connectivity index (χ3n) is 3.24. The van der Waals surface area contributed by atoms with Gasteiger partial charge in [-0.25, -0.2) is 4.98 Å². The van der Waals surface area contributed by atoms with E-state index in [-0.39, 0.29) is 0 Å². The normalized spacial score (nSPS) is 17.4. The van der Waals surface area contributed by atoms with Crippen molar-refractivity contribution < 1.29 is 4.74 Å². The Labute approximate surface area is 102 Å². The second kappa shape index (κ2) is 5.93. The minimum atomic E-state index is 0.448. The molecule has 0 amide bonds. The Morgan fingerprint density at radius 3 is 2.65 bits per heavy atom. The second-order valence-corrected chi connectivity index (χ2v) is 4.46. The molecule has 2 rings (SSSR count). The average molecular weight is 236 g/mol. The summed E-state index contributed by atoms with van der Waals surface area (Å²) in [7, 11) is 1.77. The van der Waals surface area contributed by atoms with Gasteiger partial charge in [0.25, 0.3) is 0 Å². The molecule has 1 saturated heterocycles. The molecular formula is C12H20N4O. The summed E-state index contributed by atoms with van der Waals surface area (Å²) in [5.41, 5.74) is 6.34. The van der Waals surface area contributed by atoms with Crippen molar-refractivity contribution in [2.45, 2.75) is 19.4 Å². The van der Waals surface area contributed by atoms with Crippen molar-refractivity contribution in [2.75, 3.05) is 31.7 Å². The molecule has 0 radical (unpaired) electrons. The summed E-state index contributed by atoms with van der Waals surface area (Å²) in [4.78, 5) is 10.9. The molecule has 1 aliphatic heterocycles. The quantitative estimate of drug-likeness (QED) is 0.837. The molecule has 1 aliphatic rings. The van der Waals surface area contributed by atoms with E-state index in [1.807, 2.05) is 6.20 Å². The Morgan fingerprint density at radius 2 is 2.12 bits per heavy atom. The van der Waals surface area contributed by atoms with E-state index in [0.29, 0.717) is 12.5 Å². The first-order valence-electron chi connectivity index (χ1n) is 6.08. The Morgan fingerprint density at radius 1 is 1.35 bits per heavy atom. The van der Waals surface area contributed by atoms with Crippen molar-refractivity contribution in [1.29, 1.82) is 0 Å². The highest BCUT2D eigenvalue weighted by Crippen LogP contribution is 2.21. The smallest absolute Gasteiger partial charge is 0.147 e. The molecule has 0 atom stereocenters. The molecular weight excluding hydrogens is 216 g/mol. The maximum atomic E-state index is 5.50. The minimum absolute atomic E-state index is 0.448. The van der Waals surface area contributed by atoms with Crippen LogP contribution in [0.25, 0.3) is 0 Å². The molecule has 2 heterocycles. The van der Waals surface area contributed by atoms with E-state index < -0.39 is 0 Å². The summed E-state index contributed by atoms with van der Waals surface area (Å²) >= 11 is 0. The zero-order valence-electron chi connectivity index (χ0n) is 10.3. The fourth-order valence-corrected chi connectivity index (χ4v) is 2.18. The van der Waals surface area contributed by atoms with Gasteiger partial charge in [-0.2, -0.15) is 0 Å². The highest BCUT2D eigenvalue weighted by Gasteiger charge is 2.19. The van der Waals surface area contributed by atoms with E-state index in [4.69, 9.17) is 10.5 Å². The lowest BCUT2D eigenvalue weighted by molar-refractivity contribution is 0.139. The van der Waals surface area contributed by atoms with Crippen molar-refractivity contribution >= 4 is 5.82 Å². The SMILES string of the molecule is COCC1CCN(c2cnc(CN)cn2)CC1. The Balaban J connectivity index is 1.91. The summed E-state index contributed by atoms with van der Waals surface area (Å²) in [6.07, 6.45) is 5.90. The van der Waals surface area contributed by atoms with Crippen LogP contribution in [0.5, 0.6) is 0 Å². The number of ether oxygens (including phenoxy) is 1. The zero-order chi connectivity index (χ0) is 12.1. The predicted octanol–water partition coefficient (Wildman–Crippen LogP) is 0.798. The Hall–Kier alpha value is -1.20. The average Bonchev–Trinajstić information content (AvgIpc) is 2.40. The second-order valence-electron chi connectivity index (χ2n) is 4.46. The lowest BCUT2D eigenvalue weighted by Gasteiger charge is -2.32. The van der Waals surface area contributed by atoms with Crippen LogP contribution < -0.4 is 10.6 Å². The molecule has 94 valence electrons. The van der Waals surface area contributed by atoms with Crippen molar-refractivity contribution in [2.24, 2.45) is 11.7 Å². The number of aromatic nitrogens is 2. The Bertz CT molecular complexity index is 333. The van der Waals surface area contributed by atoms with Crippen LogP contribution in [-0.4, -0.2) is 36.8 Å². The minimum Gasteiger partial charge on any atom is -0.384 e. The van der Waals surface area contributed by atoms with Crippen LogP contribution in [0.3, 0.4) is 0 Å². The maximum Gasteiger partial charge on any atom is 0.147 e. The molecule has 1 aromatic rings. The molecule has 0 aliphatic carbocycles. The van der Waals surface area contributed by atoms with E-state index in [1.165, 1.54) is 0 Å². The summed E-state index contributed by atoms with van der Waals surface area (Å²) < 4.78 is 5.19. The van der Waals surface area contributed by atoms with E-state index in [0.717, 1.165) is 44.0 Å². The van der Waals surface area contributed by atoms with Crippen LogP contribution in [0.4, 0.5) is 5.82 Å². The molecule has 5 heteroatoms. The first kappa shape index (κ1) is 12.3. The topological polar surface area (TPSA) is 64.3 Å². The summed E-state index contributed by atoms with van der Waals surface area (Å²) in [5.74, 6) is 1.64. The van der Waals surface area contributed by atoms with E-state index >= 15 is 0 Å². The zero-order valence-corrected chi connectivity index (χ0v) is 10.3. The van der Waals surface area contributed by atoms with Crippen molar-refractivity contribution in [1.82, 2.24) is 9.97 Å². The number of nitrogens with zero attached hydrogens (tertiary/aromatic N) is 3. The number of piperidine rings is 1. The van der Waals surface area contributed by atoms with Crippen molar-refractivity contribution in [3.63, 3.8) is 0 Å². The molecule has 1 fully saturated rings. The summed E-state index contributed by atoms with van der Waals surface area (Å²) in [5, 5.41) is 0. The van der Waals surface area contributed by atoms with E-state index in [2.05, 4.69) is 14.9 Å². The molecule has 2 N–H and O–H groups in total. The number of methoxy groups -OCH3 is 1. The fraction of sp³-hybridized carbons (Fsp3) is 0.667. The maximum absolute atomic E-state index is 5.50. The largest absolute Gasteiger partial charge is 0.384 e. The van der Waals surface area contributed by atoms with Gasteiger partial charge in [0.15, 0.2) is 0 Å². The van der Waals surface area contributed by atoms with Gasteiger partial charge in [-0.1, -0.05) is 0 Å². The highest BCUT2D eigenvalue weighted by atomic mass is 16.5. The third kappa shape index (κ3) is 3.14. The Kier molecular flexibility index (Phi) is 4.28. The van der Waals surface area contributed by atoms with Crippen LogP contribution >= 0.6 is 0 Å². The standard InChI is InChI=1S/C12H20N4O/c1-17-9-10-2-4-16(5-3-10)12-8-14-11(6-13)7-15-12/h7-8,10H,2-6,9,13H2,1H3. The third-order valence-corrected chi connectivity index (χ3v) is 3.24. The monoisotopic (exact) mass is 236 g/mol. The molecule has 0 saturated carbocycles. The van der Waals surface area contributed by atoms with Gasteiger partial charge in [0.05, 0.1) is 18.1 Å². The fourth-order valence-electron chi connectivity index (χ4n) is 2.18. The van der Waals surface area contributed by atoms with Gasteiger partial charge in [-0.15, -0.1) is 0 Å². The van der Waals surface area contributed by atoms with Crippen molar-refractivity contribution in [3.8, 4) is 0 Å². The molecule has 1 aromatic heterocycles. The number of hydrogen-bond donors (Lipinski definition) is 1. The molecule has 5 nitrogen and oxygen atoms in total. The van der Waals surface area contributed by atoms with Crippen LogP contribution in [0.2, 0.25) is 0 Å². The van der Waals surface area contributed by atoms with Crippen LogP contribution in [0.1, 0.15) is 18.5 Å². The number of nitrogens with two attached hydrogens (primary N) is 1. The lowest BCUT2D eigenvalue weighted by atomic mass is 9.98. The van der Waals surface area contributed by atoms with Crippen LogP contribution in [-0.2, 0) is 11.3 Å². The van der Waals surface area contributed by atoms with Crippen LogP contribution in [0.15, 0.2) is 12.4 Å². The molecule has 0 aromatic carbocycles. The summed E-state index contributed by atoms with van der Waals surface area (Å²) in [6, 6.07) is 0. The van der Waals surface area contributed by atoms with Gasteiger partial charge in [0.2, 0.25) is 0 Å². The number of hydrogen-bond acceptors (Lipinski definition) is 5. The van der Waals surface area contributed by atoms with Gasteiger partial charge in [0.1, 0.15) is 5.82 Å². The molecule has 0 spiro atoms. The molecule has 0 bridgehead atoms. The van der Waals surface area contributed by atoms with Gasteiger partial charge >= 0.3 is 0 Å². The number of anilines is 1. The molecule has 0 unspecified atom stereocenters. The first-order valence-corrected chi connectivity index (χ1v) is 6.08. The van der Waals surface area contributed by atoms with Crippen molar-refractivity contribution in [3.05, 3.63) is 18.1 Å². The summed E-state index contributed by atoms with van der Waals surface area (Å²) in [6.45, 7) is 3.38. The molecule has 17 heavy (non-hydrogen) atoms. The highest BCUT2D eigenvalue weighted by molar-refractivity contribution is 5.36. The lowest BCUT2D eigenvalue weighted by Crippen LogP contribution is -2.35. The first-order chi connectivity index (χ1) is 8.33. The van der Waals surface area contributed by atoms with Crippen LogP contribution in [0, 0.1) is 5.92 Å². The van der Waals surface area contributed by atoms with Gasteiger partial charge in [0, 0.05) is 33.4 Å². The van der Waals surface area contributed by atoms with Gasteiger partial charge in [-0.05, 0) is 18.8 Å².